The molecule has 6 nitrogen and oxygen atoms in total. The fourth-order valence-corrected chi connectivity index (χ4v) is 2.66. The summed E-state index contributed by atoms with van der Waals surface area (Å²) in [6, 6.07) is 3.52. The minimum Gasteiger partial charge on any atom is -0.395 e. The summed E-state index contributed by atoms with van der Waals surface area (Å²) in [5.74, 6) is -0.681. The van der Waals surface area contributed by atoms with Gasteiger partial charge in [0.2, 0.25) is 15.9 Å². The van der Waals surface area contributed by atoms with Crippen LogP contribution in [-0.4, -0.2) is 32.1 Å². The molecule has 0 fully saturated rings. The summed E-state index contributed by atoms with van der Waals surface area (Å²) in [4.78, 5) is 11.1. The minimum atomic E-state index is -3.76. The predicted molar refractivity (Wildman–Crippen MR) is 66.6 cm³/mol. The number of rotatable bonds is 5. The summed E-state index contributed by atoms with van der Waals surface area (Å²) in [6.45, 7) is 2.88. The van der Waals surface area contributed by atoms with Crippen molar-refractivity contribution in [2.75, 3.05) is 6.61 Å². The van der Waals surface area contributed by atoms with Crippen molar-refractivity contribution in [1.82, 2.24) is 4.72 Å². The Kier molecular flexibility index (Phi) is 4.44. The molecule has 0 spiro atoms. The van der Waals surface area contributed by atoms with Gasteiger partial charge in [0.15, 0.2) is 0 Å². The Morgan fingerprint density at radius 2 is 2.11 bits per heavy atom. The number of sulfonamides is 1. The van der Waals surface area contributed by atoms with Crippen LogP contribution in [-0.2, 0) is 10.0 Å². The SMILES string of the molecule is Cc1ccc(S(=O)(=O)N[C@H](C)CO)cc1C(N)=O. The third kappa shape index (κ3) is 3.28. The van der Waals surface area contributed by atoms with E-state index >= 15 is 0 Å². The van der Waals surface area contributed by atoms with E-state index in [1.54, 1.807) is 6.92 Å². The Bertz CT molecular complexity index is 554. The molecule has 0 saturated heterocycles. The van der Waals surface area contributed by atoms with E-state index in [4.69, 9.17) is 10.8 Å². The van der Waals surface area contributed by atoms with Crippen LogP contribution in [0.1, 0.15) is 22.8 Å². The molecule has 0 aliphatic carbocycles. The zero-order valence-corrected chi connectivity index (χ0v) is 11.0. The first-order chi connectivity index (χ1) is 8.27. The monoisotopic (exact) mass is 272 g/mol. The van der Waals surface area contributed by atoms with Gasteiger partial charge in [-0.15, -0.1) is 0 Å². The molecule has 1 aromatic rings. The molecule has 0 aromatic heterocycles. The van der Waals surface area contributed by atoms with Crippen molar-refractivity contribution in [3.63, 3.8) is 0 Å². The number of benzene rings is 1. The van der Waals surface area contributed by atoms with Crippen LogP contribution in [0.3, 0.4) is 0 Å². The molecule has 1 atom stereocenters. The number of nitrogens with one attached hydrogen (secondary N) is 1. The lowest BCUT2D eigenvalue weighted by molar-refractivity contribution is 0.0999. The largest absolute Gasteiger partial charge is 0.395 e. The highest BCUT2D eigenvalue weighted by molar-refractivity contribution is 7.89. The number of aryl methyl sites for hydroxylation is 1. The highest BCUT2D eigenvalue weighted by atomic mass is 32.2. The third-order valence-corrected chi connectivity index (χ3v) is 4.00. The Morgan fingerprint density at radius 1 is 1.50 bits per heavy atom. The molecular formula is C11H16N2O4S. The van der Waals surface area contributed by atoms with Crippen molar-refractivity contribution in [2.24, 2.45) is 5.73 Å². The van der Waals surface area contributed by atoms with Crippen LogP contribution >= 0.6 is 0 Å². The summed E-state index contributed by atoms with van der Waals surface area (Å²) in [5.41, 5.74) is 5.93. The van der Waals surface area contributed by atoms with Crippen LogP contribution in [0.5, 0.6) is 0 Å². The van der Waals surface area contributed by atoms with Crippen molar-refractivity contribution < 1.29 is 18.3 Å². The first-order valence-electron chi connectivity index (χ1n) is 5.31. The second-order valence-corrected chi connectivity index (χ2v) is 5.76. The van der Waals surface area contributed by atoms with E-state index in [2.05, 4.69) is 4.72 Å². The molecule has 1 amide bonds. The van der Waals surface area contributed by atoms with Crippen LogP contribution in [0.15, 0.2) is 23.1 Å². The Hall–Kier alpha value is -1.44. The van der Waals surface area contributed by atoms with E-state index in [1.807, 2.05) is 0 Å². The van der Waals surface area contributed by atoms with E-state index in [1.165, 1.54) is 25.1 Å². The zero-order valence-electron chi connectivity index (χ0n) is 10.2. The van der Waals surface area contributed by atoms with Gasteiger partial charge in [-0.2, -0.15) is 0 Å². The van der Waals surface area contributed by atoms with Gasteiger partial charge < -0.3 is 10.8 Å². The van der Waals surface area contributed by atoms with Crippen LogP contribution < -0.4 is 10.5 Å². The van der Waals surface area contributed by atoms with E-state index in [-0.39, 0.29) is 17.1 Å². The van der Waals surface area contributed by atoms with Gasteiger partial charge in [-0.3, -0.25) is 4.79 Å². The van der Waals surface area contributed by atoms with E-state index in [0.29, 0.717) is 5.56 Å². The highest BCUT2D eigenvalue weighted by Gasteiger charge is 2.18. The fourth-order valence-electron chi connectivity index (χ4n) is 1.40. The van der Waals surface area contributed by atoms with Crippen LogP contribution in [0.2, 0.25) is 0 Å². The van der Waals surface area contributed by atoms with Gasteiger partial charge in [-0.1, -0.05) is 6.07 Å². The summed E-state index contributed by atoms with van der Waals surface area (Å²) in [5, 5.41) is 8.83. The van der Waals surface area contributed by atoms with Crippen molar-refractivity contribution in [3.8, 4) is 0 Å². The molecule has 0 unspecified atom stereocenters. The summed E-state index contributed by atoms with van der Waals surface area (Å²) in [6.07, 6.45) is 0. The maximum Gasteiger partial charge on any atom is 0.249 e. The number of hydrogen-bond donors (Lipinski definition) is 3. The van der Waals surface area contributed by atoms with E-state index < -0.39 is 22.0 Å². The number of aliphatic hydroxyl groups excluding tert-OH is 1. The van der Waals surface area contributed by atoms with Gasteiger partial charge in [0, 0.05) is 11.6 Å². The molecule has 0 bridgehead atoms. The highest BCUT2D eigenvalue weighted by Crippen LogP contribution is 2.15. The smallest absolute Gasteiger partial charge is 0.249 e. The molecule has 1 aromatic carbocycles. The summed E-state index contributed by atoms with van der Waals surface area (Å²) in [7, 11) is -3.76. The lowest BCUT2D eigenvalue weighted by atomic mass is 10.1. The van der Waals surface area contributed by atoms with E-state index in [9.17, 15) is 13.2 Å². The molecule has 0 aliphatic heterocycles. The van der Waals surface area contributed by atoms with Gasteiger partial charge in [-0.25, -0.2) is 13.1 Å². The van der Waals surface area contributed by atoms with Gasteiger partial charge in [0.25, 0.3) is 0 Å². The molecule has 0 saturated carbocycles. The zero-order chi connectivity index (χ0) is 13.9. The molecule has 18 heavy (non-hydrogen) atoms. The van der Waals surface area contributed by atoms with Gasteiger partial charge >= 0.3 is 0 Å². The summed E-state index contributed by atoms with van der Waals surface area (Å²) >= 11 is 0. The summed E-state index contributed by atoms with van der Waals surface area (Å²) < 4.78 is 26.1. The molecular weight excluding hydrogens is 256 g/mol. The van der Waals surface area contributed by atoms with Crippen molar-refractivity contribution in [3.05, 3.63) is 29.3 Å². The number of hydrogen-bond acceptors (Lipinski definition) is 4. The van der Waals surface area contributed by atoms with Gasteiger partial charge in [0.1, 0.15) is 0 Å². The fraction of sp³-hybridized carbons (Fsp3) is 0.364. The lowest BCUT2D eigenvalue weighted by Crippen LogP contribution is -2.35. The second kappa shape index (κ2) is 5.47. The number of carbonyl (C=O) groups is 1. The number of primary amides is 1. The molecule has 4 N–H and O–H groups in total. The van der Waals surface area contributed by atoms with Crippen LogP contribution in [0, 0.1) is 6.92 Å². The maximum absolute atomic E-state index is 11.9. The average Bonchev–Trinajstić information content (AvgIpc) is 2.28. The molecule has 100 valence electrons. The minimum absolute atomic E-state index is 0.0535. The molecule has 0 radical (unpaired) electrons. The van der Waals surface area contributed by atoms with Gasteiger partial charge in [0.05, 0.1) is 11.5 Å². The third-order valence-electron chi connectivity index (χ3n) is 2.41. The Morgan fingerprint density at radius 3 is 2.61 bits per heavy atom. The van der Waals surface area contributed by atoms with Crippen molar-refractivity contribution in [1.29, 1.82) is 0 Å². The quantitative estimate of drug-likeness (QED) is 0.686. The lowest BCUT2D eigenvalue weighted by Gasteiger charge is -2.12. The van der Waals surface area contributed by atoms with Crippen LogP contribution in [0.4, 0.5) is 0 Å². The van der Waals surface area contributed by atoms with Gasteiger partial charge in [-0.05, 0) is 31.5 Å². The van der Waals surface area contributed by atoms with Crippen molar-refractivity contribution in [2.45, 2.75) is 24.8 Å². The molecule has 7 heteroatoms. The predicted octanol–water partition coefficient (Wildman–Crippen LogP) is -0.247. The normalized spacial score (nSPS) is 13.3. The van der Waals surface area contributed by atoms with E-state index in [0.717, 1.165) is 0 Å². The topological polar surface area (TPSA) is 109 Å². The number of carbonyl (C=O) groups excluding carboxylic acids is 1. The maximum atomic E-state index is 11.9. The van der Waals surface area contributed by atoms with Crippen molar-refractivity contribution >= 4 is 15.9 Å². The standard InChI is InChI=1S/C11H16N2O4S/c1-7-3-4-9(5-10(7)11(12)15)18(16,17)13-8(2)6-14/h3-5,8,13-14H,6H2,1-2H3,(H2,12,15)/t8-/m1/s1. The Labute approximate surface area is 106 Å². The van der Waals surface area contributed by atoms with Crippen LogP contribution in [0.25, 0.3) is 0 Å². The molecule has 1 rings (SSSR count). The Balaban J connectivity index is 3.18. The number of nitrogens with two attached hydrogens (primary N) is 1. The molecule has 0 aliphatic rings. The molecule has 0 heterocycles. The number of aliphatic hydroxyl groups is 1. The average molecular weight is 272 g/mol. The first kappa shape index (κ1) is 14.6. The second-order valence-electron chi connectivity index (χ2n) is 4.05. The first-order valence-corrected chi connectivity index (χ1v) is 6.80. The number of amides is 1.